The molecule has 2 atom stereocenters. The molecule has 2 N–H and O–H groups in total. The van der Waals surface area contributed by atoms with Crippen LogP contribution in [0.5, 0.6) is 0 Å². The van der Waals surface area contributed by atoms with Crippen molar-refractivity contribution in [3.63, 3.8) is 0 Å². The first-order chi connectivity index (χ1) is 18.0. The molecule has 1 aliphatic heterocycles. The lowest BCUT2D eigenvalue weighted by molar-refractivity contribution is -0.137. The minimum absolute atomic E-state index is 0.405. The van der Waals surface area contributed by atoms with Crippen LogP contribution in [0.15, 0.2) is 66.7 Å². The van der Waals surface area contributed by atoms with E-state index in [1.807, 2.05) is 24.3 Å². The number of carbonyl (C=O) groups excluding carboxylic acids is 3. The van der Waals surface area contributed by atoms with Crippen molar-refractivity contribution >= 4 is 23.6 Å². The third kappa shape index (κ3) is 5.46. The van der Waals surface area contributed by atoms with E-state index in [-0.39, 0.29) is 0 Å². The van der Waals surface area contributed by atoms with Gasteiger partial charge in [-0.1, -0.05) is 42.5 Å². The Morgan fingerprint density at radius 3 is 2.39 bits per heavy atom. The maximum Gasteiger partial charge on any atom is 0.416 e. The molecule has 198 valence electrons. The Kier molecular flexibility index (Phi) is 7.38. The van der Waals surface area contributed by atoms with Crippen molar-refractivity contribution in [3.05, 3.63) is 89.2 Å². The number of halogens is 4. The number of hydrogen-bond donors (Lipinski definition) is 2. The van der Waals surface area contributed by atoms with Crippen molar-refractivity contribution < 1.29 is 36.7 Å². The molecule has 11 heteroatoms. The second-order valence-corrected chi connectivity index (χ2v) is 8.65. The highest BCUT2D eigenvalue weighted by atomic mass is 19.4. The summed E-state index contributed by atoms with van der Waals surface area (Å²) in [5.74, 6) is -2.13. The van der Waals surface area contributed by atoms with Crippen molar-refractivity contribution in [1.29, 1.82) is 0 Å². The number of fused-ring (bicyclic) bond motifs is 3. The van der Waals surface area contributed by atoms with Crippen LogP contribution < -0.4 is 15.5 Å². The molecule has 3 aromatic rings. The number of amides is 3. The number of anilines is 1. The normalized spacial score (nSPS) is 15.6. The molecule has 0 bridgehead atoms. The smallest absolute Gasteiger partial charge is 0.416 e. The second kappa shape index (κ2) is 10.5. The van der Waals surface area contributed by atoms with E-state index in [1.54, 1.807) is 31.3 Å². The number of para-hydroxylation sites is 1. The molecular formula is C27H23F4N3O4. The number of nitrogens with one attached hydrogen (secondary N) is 2. The van der Waals surface area contributed by atoms with Crippen molar-refractivity contribution in [3.8, 4) is 11.1 Å². The predicted octanol–water partition coefficient (Wildman–Crippen LogP) is 4.96. The molecule has 0 spiro atoms. The van der Waals surface area contributed by atoms with Crippen LogP contribution in [0.25, 0.3) is 11.1 Å². The van der Waals surface area contributed by atoms with E-state index in [4.69, 9.17) is 4.74 Å². The van der Waals surface area contributed by atoms with Gasteiger partial charge in [0.2, 0.25) is 0 Å². The van der Waals surface area contributed by atoms with Gasteiger partial charge >= 0.3 is 12.3 Å². The molecule has 1 aliphatic rings. The number of alkyl carbamates (subject to hydrolysis) is 1. The molecule has 3 aromatic carbocycles. The standard InChI is InChI=1S/C27H23F4N3O4/c1-15(38-26(37)32-14-16-13-17(27(29,30)31)11-12-21(16)28)24(35)33-23-20-9-4-3-7-18(20)19-8-5-6-10-22(19)34(2)25(23)36/h3-13,15,23H,14H2,1-2H3,(H,32,37)(H,33,35)/t15?,23-/m0/s1. The molecule has 1 heterocycles. The second-order valence-electron chi connectivity index (χ2n) is 8.65. The molecule has 0 aromatic heterocycles. The number of benzene rings is 3. The van der Waals surface area contributed by atoms with Crippen LogP contribution in [0, 0.1) is 5.82 Å². The fourth-order valence-electron chi connectivity index (χ4n) is 4.14. The summed E-state index contributed by atoms with van der Waals surface area (Å²) in [6.07, 6.45) is -7.21. The molecule has 0 aliphatic carbocycles. The fourth-order valence-corrected chi connectivity index (χ4v) is 4.14. The van der Waals surface area contributed by atoms with E-state index in [0.29, 0.717) is 29.4 Å². The Morgan fingerprint density at radius 2 is 1.68 bits per heavy atom. The Morgan fingerprint density at radius 1 is 1.03 bits per heavy atom. The molecule has 1 unspecified atom stereocenters. The average Bonchev–Trinajstić information content (AvgIpc) is 2.97. The molecule has 0 saturated carbocycles. The average molecular weight is 529 g/mol. The number of alkyl halides is 3. The molecule has 0 radical (unpaired) electrons. The molecule has 3 amide bonds. The number of nitrogens with zero attached hydrogens (tertiary/aromatic N) is 1. The summed E-state index contributed by atoms with van der Waals surface area (Å²) in [6, 6.07) is 15.1. The van der Waals surface area contributed by atoms with Crippen LogP contribution in [0.4, 0.5) is 28.0 Å². The topological polar surface area (TPSA) is 87.7 Å². The van der Waals surface area contributed by atoms with Crippen LogP contribution >= 0.6 is 0 Å². The minimum atomic E-state index is -4.68. The molecule has 0 fully saturated rings. The van der Waals surface area contributed by atoms with Crippen LogP contribution in [0.2, 0.25) is 0 Å². The maximum absolute atomic E-state index is 13.9. The Labute approximate surface area is 215 Å². The van der Waals surface area contributed by atoms with Gasteiger partial charge in [0.05, 0.1) is 11.3 Å². The van der Waals surface area contributed by atoms with Gasteiger partial charge in [-0.25, -0.2) is 9.18 Å². The van der Waals surface area contributed by atoms with Crippen molar-refractivity contribution in [1.82, 2.24) is 10.6 Å². The van der Waals surface area contributed by atoms with Gasteiger partial charge < -0.3 is 20.3 Å². The summed E-state index contributed by atoms with van der Waals surface area (Å²) in [7, 11) is 1.59. The predicted molar refractivity (Wildman–Crippen MR) is 130 cm³/mol. The molecular weight excluding hydrogens is 506 g/mol. The highest BCUT2D eigenvalue weighted by Crippen LogP contribution is 2.39. The quantitative estimate of drug-likeness (QED) is 0.458. The summed E-state index contributed by atoms with van der Waals surface area (Å²) >= 11 is 0. The minimum Gasteiger partial charge on any atom is -0.436 e. The lowest BCUT2D eigenvalue weighted by Gasteiger charge is -2.24. The van der Waals surface area contributed by atoms with Crippen LogP contribution in [0.3, 0.4) is 0 Å². The van der Waals surface area contributed by atoms with Crippen LogP contribution in [-0.4, -0.2) is 31.1 Å². The van der Waals surface area contributed by atoms with Gasteiger partial charge in [0, 0.05) is 24.7 Å². The van der Waals surface area contributed by atoms with E-state index in [0.717, 1.165) is 11.1 Å². The highest BCUT2D eigenvalue weighted by molar-refractivity contribution is 6.06. The van der Waals surface area contributed by atoms with E-state index < -0.39 is 59.7 Å². The lowest BCUT2D eigenvalue weighted by Crippen LogP contribution is -2.45. The number of rotatable bonds is 5. The molecule has 4 rings (SSSR count). The van der Waals surface area contributed by atoms with Crippen LogP contribution in [-0.2, 0) is 27.0 Å². The first-order valence-corrected chi connectivity index (χ1v) is 11.5. The summed E-state index contributed by atoms with van der Waals surface area (Å²) in [5.41, 5.74) is 1.29. The first kappa shape index (κ1) is 26.6. The summed E-state index contributed by atoms with van der Waals surface area (Å²) in [4.78, 5) is 39.9. The number of carbonyl (C=O) groups is 3. The number of ether oxygens (including phenoxy) is 1. The molecule has 0 saturated heterocycles. The summed E-state index contributed by atoms with van der Waals surface area (Å²) in [5, 5.41) is 4.76. The zero-order chi connectivity index (χ0) is 27.6. The molecule has 7 nitrogen and oxygen atoms in total. The Balaban J connectivity index is 1.44. The van der Waals surface area contributed by atoms with Crippen LogP contribution in [0.1, 0.15) is 29.7 Å². The van der Waals surface area contributed by atoms with Gasteiger partial charge in [0.1, 0.15) is 11.9 Å². The highest BCUT2D eigenvalue weighted by Gasteiger charge is 2.35. The zero-order valence-corrected chi connectivity index (χ0v) is 20.3. The maximum atomic E-state index is 13.9. The van der Waals surface area contributed by atoms with Crippen molar-refractivity contribution in [2.75, 3.05) is 11.9 Å². The van der Waals surface area contributed by atoms with Crippen molar-refractivity contribution in [2.45, 2.75) is 31.8 Å². The van der Waals surface area contributed by atoms with Crippen molar-refractivity contribution in [2.24, 2.45) is 0 Å². The van der Waals surface area contributed by atoms with Gasteiger partial charge in [0.25, 0.3) is 11.8 Å². The van der Waals surface area contributed by atoms with Gasteiger partial charge in [-0.2, -0.15) is 13.2 Å². The van der Waals surface area contributed by atoms with Gasteiger partial charge in [0.15, 0.2) is 6.10 Å². The largest absolute Gasteiger partial charge is 0.436 e. The molecule has 38 heavy (non-hydrogen) atoms. The third-order valence-corrected chi connectivity index (χ3v) is 6.14. The zero-order valence-electron chi connectivity index (χ0n) is 20.3. The lowest BCUT2D eigenvalue weighted by atomic mass is 9.95. The van der Waals surface area contributed by atoms with E-state index >= 15 is 0 Å². The fraction of sp³-hybridized carbons (Fsp3) is 0.222. The van der Waals surface area contributed by atoms with Gasteiger partial charge in [-0.05, 0) is 42.3 Å². The number of hydrogen-bond acceptors (Lipinski definition) is 4. The monoisotopic (exact) mass is 529 g/mol. The SMILES string of the molecule is CC(OC(=O)NCc1cc(C(F)(F)F)ccc1F)C(=O)N[C@@H]1C(=O)N(C)c2ccccc2-c2ccccc21. The van der Waals surface area contributed by atoms with Gasteiger partial charge in [-0.15, -0.1) is 0 Å². The van der Waals surface area contributed by atoms with E-state index in [2.05, 4.69) is 10.6 Å². The third-order valence-electron chi connectivity index (χ3n) is 6.14. The Hall–Kier alpha value is -4.41. The first-order valence-electron chi connectivity index (χ1n) is 11.5. The van der Waals surface area contributed by atoms with E-state index in [1.165, 1.54) is 11.8 Å². The number of likely N-dealkylation sites (N-methyl/N-ethyl adjacent to an activating group) is 1. The Bertz CT molecular complexity index is 1390. The van der Waals surface area contributed by atoms with Gasteiger partial charge in [-0.3, -0.25) is 9.59 Å². The summed E-state index contributed by atoms with van der Waals surface area (Å²) in [6.45, 7) is 0.672. The van der Waals surface area contributed by atoms with E-state index in [9.17, 15) is 31.9 Å². The summed E-state index contributed by atoms with van der Waals surface area (Å²) < 4.78 is 57.6.